The van der Waals surface area contributed by atoms with Crippen LogP contribution in [0.25, 0.3) is 0 Å². The highest BCUT2D eigenvalue weighted by Gasteiger charge is 2.07. The smallest absolute Gasteiger partial charge is 0.163 e. The summed E-state index contributed by atoms with van der Waals surface area (Å²) in [5, 5.41) is 0. The van der Waals surface area contributed by atoms with Crippen molar-refractivity contribution in [1.82, 2.24) is 0 Å². The second kappa shape index (κ2) is 8.22. The maximum atomic E-state index is 11.6. The van der Waals surface area contributed by atoms with Crippen LogP contribution in [0.2, 0.25) is 0 Å². The summed E-state index contributed by atoms with van der Waals surface area (Å²) in [7, 11) is 0. The molecule has 0 aliphatic carbocycles. The number of carbonyl (C=O) groups is 1. The number of aryl methyl sites for hydroxylation is 1. The van der Waals surface area contributed by atoms with Crippen LogP contribution in [0.5, 0.6) is 0 Å². The van der Waals surface area contributed by atoms with Gasteiger partial charge in [-0.15, -0.1) is 0 Å². The standard InChI is InChI=1S/C12H16O.C2H6/c1-3-7-12(13)11-9-6-5-8-10(11)4-2;1-2/h5-6,8-9H,3-4,7H2,1-2H3;1-2H3. The first kappa shape index (κ1) is 13.9. The zero-order chi connectivity index (χ0) is 11.7. The highest BCUT2D eigenvalue weighted by atomic mass is 16.1. The lowest BCUT2D eigenvalue weighted by Crippen LogP contribution is -2.02. The summed E-state index contributed by atoms with van der Waals surface area (Å²) in [5.74, 6) is 0.278. The lowest BCUT2D eigenvalue weighted by molar-refractivity contribution is 0.0981. The Morgan fingerprint density at radius 2 is 1.73 bits per heavy atom. The number of benzene rings is 1. The summed E-state index contributed by atoms with van der Waals surface area (Å²) < 4.78 is 0. The molecule has 1 nitrogen and oxygen atoms in total. The molecular formula is C14H22O. The van der Waals surface area contributed by atoms with E-state index in [-0.39, 0.29) is 5.78 Å². The first-order valence-corrected chi connectivity index (χ1v) is 5.90. The van der Waals surface area contributed by atoms with Crippen molar-refractivity contribution < 1.29 is 4.79 Å². The van der Waals surface area contributed by atoms with Crippen molar-refractivity contribution in [3.05, 3.63) is 35.4 Å². The average Bonchev–Trinajstić information content (AvgIpc) is 2.32. The molecule has 0 amide bonds. The molecule has 0 radical (unpaired) electrons. The molecule has 0 fully saturated rings. The fraction of sp³-hybridized carbons (Fsp3) is 0.500. The molecule has 0 aromatic heterocycles. The summed E-state index contributed by atoms with van der Waals surface area (Å²) in [6, 6.07) is 7.88. The predicted molar refractivity (Wildman–Crippen MR) is 66.4 cm³/mol. The van der Waals surface area contributed by atoms with Crippen LogP contribution >= 0.6 is 0 Å². The highest BCUT2D eigenvalue weighted by Crippen LogP contribution is 2.12. The fourth-order valence-corrected chi connectivity index (χ4v) is 1.46. The van der Waals surface area contributed by atoms with E-state index in [4.69, 9.17) is 0 Å². The van der Waals surface area contributed by atoms with Gasteiger partial charge in [-0.25, -0.2) is 0 Å². The Morgan fingerprint density at radius 3 is 2.27 bits per heavy atom. The van der Waals surface area contributed by atoms with Gasteiger partial charge in [-0.05, 0) is 18.4 Å². The molecule has 0 bridgehead atoms. The predicted octanol–water partition coefficient (Wildman–Crippen LogP) is 4.26. The average molecular weight is 206 g/mol. The Labute approximate surface area is 93.5 Å². The lowest BCUT2D eigenvalue weighted by Gasteiger charge is -2.04. The summed E-state index contributed by atoms with van der Waals surface area (Å²) in [4.78, 5) is 11.6. The summed E-state index contributed by atoms with van der Waals surface area (Å²) in [6.07, 6.45) is 2.53. The van der Waals surface area contributed by atoms with Crippen molar-refractivity contribution >= 4 is 5.78 Å². The SMILES string of the molecule is CC.CCCC(=O)c1ccccc1CC. The van der Waals surface area contributed by atoms with Gasteiger partial charge in [0.05, 0.1) is 0 Å². The van der Waals surface area contributed by atoms with Gasteiger partial charge in [-0.2, -0.15) is 0 Å². The quantitative estimate of drug-likeness (QED) is 0.673. The van der Waals surface area contributed by atoms with Crippen LogP contribution in [0, 0.1) is 0 Å². The van der Waals surface area contributed by atoms with E-state index in [0.29, 0.717) is 6.42 Å². The van der Waals surface area contributed by atoms with Gasteiger partial charge in [0, 0.05) is 12.0 Å². The Hall–Kier alpha value is -1.11. The van der Waals surface area contributed by atoms with Crippen molar-refractivity contribution in [3.63, 3.8) is 0 Å². The molecule has 84 valence electrons. The summed E-state index contributed by atoms with van der Waals surface area (Å²) >= 11 is 0. The molecule has 1 rings (SSSR count). The molecule has 0 unspecified atom stereocenters. The molecule has 0 atom stereocenters. The minimum absolute atomic E-state index is 0.278. The van der Waals surface area contributed by atoms with E-state index in [2.05, 4.69) is 6.92 Å². The monoisotopic (exact) mass is 206 g/mol. The molecule has 1 heteroatoms. The molecular weight excluding hydrogens is 184 g/mol. The third-order valence-electron chi connectivity index (χ3n) is 2.18. The molecule has 0 saturated carbocycles. The number of ketones is 1. The number of Topliss-reactive ketones (excluding diaryl/α,β-unsaturated/α-hetero) is 1. The minimum atomic E-state index is 0.278. The Morgan fingerprint density at radius 1 is 1.13 bits per heavy atom. The molecule has 0 aliphatic heterocycles. The van der Waals surface area contributed by atoms with Gasteiger partial charge in [0.1, 0.15) is 0 Å². The fourth-order valence-electron chi connectivity index (χ4n) is 1.46. The van der Waals surface area contributed by atoms with Crippen LogP contribution < -0.4 is 0 Å². The van der Waals surface area contributed by atoms with E-state index >= 15 is 0 Å². The van der Waals surface area contributed by atoms with Crippen LogP contribution in [0.3, 0.4) is 0 Å². The Balaban J connectivity index is 0.000000921. The van der Waals surface area contributed by atoms with Crippen molar-refractivity contribution in [3.8, 4) is 0 Å². The van der Waals surface area contributed by atoms with Crippen LogP contribution in [-0.4, -0.2) is 5.78 Å². The normalized spacial score (nSPS) is 9.07. The van der Waals surface area contributed by atoms with Gasteiger partial charge >= 0.3 is 0 Å². The first-order chi connectivity index (χ1) is 7.29. The van der Waals surface area contributed by atoms with E-state index in [0.717, 1.165) is 18.4 Å². The summed E-state index contributed by atoms with van der Waals surface area (Å²) in [6.45, 7) is 8.12. The van der Waals surface area contributed by atoms with Crippen LogP contribution in [0.1, 0.15) is 56.5 Å². The van der Waals surface area contributed by atoms with E-state index in [1.807, 2.05) is 45.0 Å². The molecule has 1 aromatic carbocycles. The maximum Gasteiger partial charge on any atom is 0.163 e. The van der Waals surface area contributed by atoms with Gasteiger partial charge in [0.15, 0.2) is 5.78 Å². The topological polar surface area (TPSA) is 17.1 Å². The van der Waals surface area contributed by atoms with E-state index < -0.39 is 0 Å². The Bertz CT molecular complexity index is 289. The van der Waals surface area contributed by atoms with Crippen LogP contribution in [-0.2, 0) is 6.42 Å². The molecule has 0 aliphatic rings. The third kappa shape index (κ3) is 4.28. The summed E-state index contributed by atoms with van der Waals surface area (Å²) in [5.41, 5.74) is 2.08. The lowest BCUT2D eigenvalue weighted by atomic mass is 9.99. The first-order valence-electron chi connectivity index (χ1n) is 5.90. The number of carbonyl (C=O) groups excluding carboxylic acids is 1. The Kier molecular flexibility index (Phi) is 7.61. The zero-order valence-electron chi connectivity index (χ0n) is 10.3. The largest absolute Gasteiger partial charge is 0.294 e. The third-order valence-corrected chi connectivity index (χ3v) is 2.18. The second-order valence-corrected chi connectivity index (χ2v) is 3.18. The van der Waals surface area contributed by atoms with E-state index in [1.165, 1.54) is 5.56 Å². The number of hydrogen-bond donors (Lipinski definition) is 0. The molecule has 0 spiro atoms. The second-order valence-electron chi connectivity index (χ2n) is 3.18. The van der Waals surface area contributed by atoms with Gasteiger partial charge in [0.25, 0.3) is 0 Å². The van der Waals surface area contributed by atoms with Gasteiger partial charge in [-0.3, -0.25) is 4.79 Å². The zero-order valence-corrected chi connectivity index (χ0v) is 10.3. The van der Waals surface area contributed by atoms with Crippen molar-refractivity contribution in [1.29, 1.82) is 0 Å². The van der Waals surface area contributed by atoms with Gasteiger partial charge in [0.2, 0.25) is 0 Å². The van der Waals surface area contributed by atoms with Gasteiger partial charge in [-0.1, -0.05) is 52.0 Å². The van der Waals surface area contributed by atoms with Crippen LogP contribution in [0.15, 0.2) is 24.3 Å². The number of rotatable bonds is 4. The van der Waals surface area contributed by atoms with Gasteiger partial charge < -0.3 is 0 Å². The molecule has 0 saturated heterocycles. The maximum absolute atomic E-state index is 11.6. The molecule has 15 heavy (non-hydrogen) atoms. The highest BCUT2D eigenvalue weighted by molar-refractivity contribution is 5.97. The van der Waals surface area contributed by atoms with Crippen molar-refractivity contribution in [2.75, 3.05) is 0 Å². The van der Waals surface area contributed by atoms with E-state index in [1.54, 1.807) is 0 Å². The van der Waals surface area contributed by atoms with Crippen molar-refractivity contribution in [2.24, 2.45) is 0 Å². The van der Waals surface area contributed by atoms with Crippen LogP contribution in [0.4, 0.5) is 0 Å². The molecule has 1 aromatic rings. The number of hydrogen-bond acceptors (Lipinski definition) is 1. The minimum Gasteiger partial charge on any atom is -0.294 e. The van der Waals surface area contributed by atoms with E-state index in [9.17, 15) is 4.79 Å². The molecule has 0 heterocycles. The van der Waals surface area contributed by atoms with Crippen molar-refractivity contribution in [2.45, 2.75) is 47.0 Å². The molecule has 0 N–H and O–H groups in total.